The number of nitrogens with one attached hydrogen (secondary N) is 2. The molecule has 0 saturated carbocycles. The smallest absolute Gasteiger partial charge is 0.329 e. The monoisotopic (exact) mass is 410 g/mol. The number of aryl methyl sites for hydroxylation is 1. The molecule has 2 aromatic carbocycles. The first kappa shape index (κ1) is 20.6. The molecule has 0 spiro atoms. The average molecular weight is 410 g/mol. The average Bonchev–Trinajstić information content (AvgIpc) is 3.03. The van der Waals surface area contributed by atoms with Crippen LogP contribution in [-0.4, -0.2) is 29.3 Å². The Kier molecular flexibility index (Phi) is 6.33. The van der Waals surface area contributed by atoms with E-state index in [1.807, 2.05) is 25.1 Å². The number of aliphatic imine (C=N–C) groups is 1. The van der Waals surface area contributed by atoms with E-state index in [2.05, 4.69) is 29.5 Å². The third kappa shape index (κ3) is 4.83. The van der Waals surface area contributed by atoms with Gasteiger partial charge in [-0.2, -0.15) is 4.99 Å². The van der Waals surface area contributed by atoms with Crippen molar-refractivity contribution in [3.8, 4) is 0 Å². The van der Waals surface area contributed by atoms with E-state index >= 15 is 0 Å². The Labute approximate surface area is 173 Å². The molecule has 150 valence electrons. The van der Waals surface area contributed by atoms with Gasteiger partial charge in [-0.25, -0.2) is 4.79 Å². The third-order valence-electron chi connectivity index (χ3n) is 4.37. The third-order valence-corrected chi connectivity index (χ3v) is 5.30. The van der Waals surface area contributed by atoms with Gasteiger partial charge in [0.2, 0.25) is 12.3 Å². The maximum atomic E-state index is 12.6. The van der Waals surface area contributed by atoms with E-state index in [-0.39, 0.29) is 17.6 Å². The number of urea groups is 1. The van der Waals surface area contributed by atoms with Crippen LogP contribution in [0.2, 0.25) is 0 Å². The Bertz CT molecular complexity index is 970. The zero-order chi connectivity index (χ0) is 21.0. The van der Waals surface area contributed by atoms with Crippen LogP contribution >= 0.6 is 11.8 Å². The van der Waals surface area contributed by atoms with E-state index in [1.54, 1.807) is 24.3 Å². The Morgan fingerprint density at radius 3 is 2.52 bits per heavy atom. The first-order valence-corrected chi connectivity index (χ1v) is 10.1. The van der Waals surface area contributed by atoms with Crippen LogP contribution in [0.15, 0.2) is 47.5 Å². The van der Waals surface area contributed by atoms with Crippen molar-refractivity contribution in [3.63, 3.8) is 0 Å². The Hall–Kier alpha value is -3.13. The number of carbonyl (C=O) groups is 3. The predicted octanol–water partition coefficient (Wildman–Crippen LogP) is 4.35. The Balaban J connectivity index is 1.84. The molecule has 7 nitrogen and oxygen atoms in total. The number of hydrogen-bond donors (Lipinski definition) is 2. The fourth-order valence-electron chi connectivity index (χ4n) is 2.97. The summed E-state index contributed by atoms with van der Waals surface area (Å²) in [5, 5.41) is 5.57. The number of benzene rings is 2. The summed E-state index contributed by atoms with van der Waals surface area (Å²) in [6, 6.07) is 12.1. The molecule has 0 unspecified atom stereocenters. The molecule has 2 aromatic rings. The molecule has 3 rings (SSSR count). The summed E-state index contributed by atoms with van der Waals surface area (Å²) in [5.74, 6) is 0.361. The molecular formula is C21H22N4O3S. The lowest BCUT2D eigenvalue weighted by Gasteiger charge is -2.22. The number of rotatable bonds is 5. The summed E-state index contributed by atoms with van der Waals surface area (Å²) >= 11 is 1.24. The molecule has 29 heavy (non-hydrogen) atoms. The normalized spacial score (nSPS) is 15.1. The second-order valence-corrected chi connectivity index (χ2v) is 7.84. The van der Waals surface area contributed by atoms with Crippen molar-refractivity contribution in [1.82, 2.24) is 0 Å². The molecule has 8 heteroatoms. The van der Waals surface area contributed by atoms with Gasteiger partial charge in [-0.05, 0) is 54.3 Å². The van der Waals surface area contributed by atoms with Gasteiger partial charge in [-0.15, -0.1) is 0 Å². The van der Waals surface area contributed by atoms with Gasteiger partial charge in [-0.1, -0.05) is 37.7 Å². The SMILES string of the molecule is Cc1ccc(C(C)C)c(N2C(=O)CS/C2=N\C(=O)Nc2ccc(NC=O)cc2)c1. The van der Waals surface area contributed by atoms with E-state index in [9.17, 15) is 14.4 Å². The van der Waals surface area contributed by atoms with E-state index in [1.165, 1.54) is 16.7 Å². The predicted molar refractivity (Wildman–Crippen MR) is 118 cm³/mol. The molecular weight excluding hydrogens is 388 g/mol. The molecule has 0 aliphatic carbocycles. The van der Waals surface area contributed by atoms with E-state index in [0.29, 0.717) is 23.0 Å². The zero-order valence-electron chi connectivity index (χ0n) is 16.4. The number of amidine groups is 1. The second kappa shape index (κ2) is 8.91. The van der Waals surface area contributed by atoms with Crippen molar-refractivity contribution in [3.05, 3.63) is 53.6 Å². The number of anilines is 3. The van der Waals surface area contributed by atoms with Crippen LogP contribution in [0.25, 0.3) is 0 Å². The van der Waals surface area contributed by atoms with Crippen LogP contribution in [0.3, 0.4) is 0 Å². The van der Waals surface area contributed by atoms with Crippen molar-refractivity contribution in [2.45, 2.75) is 26.7 Å². The number of hydrogen-bond acceptors (Lipinski definition) is 4. The molecule has 4 amide bonds. The van der Waals surface area contributed by atoms with Crippen LogP contribution in [-0.2, 0) is 9.59 Å². The summed E-state index contributed by atoms with van der Waals surface area (Å²) in [4.78, 5) is 41.1. The molecule has 2 N–H and O–H groups in total. The van der Waals surface area contributed by atoms with Crippen molar-refractivity contribution in [1.29, 1.82) is 0 Å². The quantitative estimate of drug-likeness (QED) is 0.717. The van der Waals surface area contributed by atoms with Crippen LogP contribution in [0.1, 0.15) is 30.9 Å². The van der Waals surface area contributed by atoms with Crippen LogP contribution in [0.5, 0.6) is 0 Å². The van der Waals surface area contributed by atoms with Gasteiger partial charge in [-0.3, -0.25) is 14.5 Å². The fourth-order valence-corrected chi connectivity index (χ4v) is 3.83. The van der Waals surface area contributed by atoms with Gasteiger partial charge in [0, 0.05) is 11.4 Å². The molecule has 0 aromatic heterocycles. The van der Waals surface area contributed by atoms with E-state index in [4.69, 9.17) is 0 Å². The van der Waals surface area contributed by atoms with Crippen molar-refractivity contribution in [2.24, 2.45) is 4.99 Å². The minimum absolute atomic E-state index is 0.0988. The highest BCUT2D eigenvalue weighted by atomic mass is 32.2. The zero-order valence-corrected chi connectivity index (χ0v) is 17.2. The van der Waals surface area contributed by atoms with Crippen LogP contribution in [0, 0.1) is 6.92 Å². The lowest BCUT2D eigenvalue weighted by molar-refractivity contribution is -0.115. The summed E-state index contributed by atoms with van der Waals surface area (Å²) < 4.78 is 0. The molecule has 1 aliphatic heterocycles. The molecule has 1 heterocycles. The van der Waals surface area contributed by atoms with Gasteiger partial charge in [0.25, 0.3) is 0 Å². The highest BCUT2D eigenvalue weighted by molar-refractivity contribution is 8.15. The van der Waals surface area contributed by atoms with Crippen LogP contribution < -0.4 is 15.5 Å². The van der Waals surface area contributed by atoms with E-state index < -0.39 is 6.03 Å². The Morgan fingerprint density at radius 2 is 1.86 bits per heavy atom. The number of carbonyl (C=O) groups excluding carboxylic acids is 3. The van der Waals surface area contributed by atoms with E-state index in [0.717, 1.165) is 16.8 Å². The topological polar surface area (TPSA) is 90.9 Å². The fraction of sp³-hybridized carbons (Fsp3) is 0.238. The second-order valence-electron chi connectivity index (χ2n) is 6.90. The molecule has 0 bridgehead atoms. The van der Waals surface area contributed by atoms with Crippen LogP contribution in [0.4, 0.5) is 21.9 Å². The summed E-state index contributed by atoms with van der Waals surface area (Å²) in [6.45, 7) is 6.09. The van der Waals surface area contributed by atoms with Crippen molar-refractivity contribution >= 4 is 52.3 Å². The standard InChI is InChI=1S/C21H22N4O3S/c1-13(2)17-9-4-14(3)10-18(17)25-19(27)11-29-21(25)24-20(28)23-16-7-5-15(6-8-16)22-12-26/h4-10,12-13H,11H2,1-3H3,(H,22,26)(H,23,28)/b24-21-. The largest absolute Gasteiger partial charge is 0.347 e. The summed E-state index contributed by atoms with van der Waals surface area (Å²) in [6.07, 6.45) is 0.583. The number of nitrogens with zero attached hydrogens (tertiary/aromatic N) is 2. The molecule has 0 radical (unpaired) electrons. The van der Waals surface area contributed by atoms with Crippen molar-refractivity contribution < 1.29 is 14.4 Å². The van der Waals surface area contributed by atoms with Gasteiger partial charge in [0.05, 0.1) is 11.4 Å². The van der Waals surface area contributed by atoms with Gasteiger partial charge in [0.1, 0.15) is 0 Å². The minimum atomic E-state index is -0.568. The Morgan fingerprint density at radius 1 is 1.17 bits per heavy atom. The number of thioether (sulfide) groups is 1. The highest BCUT2D eigenvalue weighted by Gasteiger charge is 2.32. The molecule has 0 atom stereocenters. The molecule has 1 aliphatic rings. The molecule has 1 saturated heterocycles. The summed E-state index contributed by atoms with van der Waals surface area (Å²) in [5.41, 5.74) is 3.98. The molecule has 1 fully saturated rings. The highest BCUT2D eigenvalue weighted by Crippen LogP contribution is 2.34. The minimum Gasteiger partial charge on any atom is -0.329 e. The maximum Gasteiger partial charge on any atom is 0.347 e. The lowest BCUT2D eigenvalue weighted by atomic mass is 9.99. The van der Waals surface area contributed by atoms with Gasteiger partial charge >= 0.3 is 6.03 Å². The van der Waals surface area contributed by atoms with Gasteiger partial charge in [0.15, 0.2) is 5.17 Å². The van der Waals surface area contributed by atoms with Crippen molar-refractivity contribution in [2.75, 3.05) is 21.3 Å². The maximum absolute atomic E-state index is 12.6. The number of amides is 4. The first-order valence-electron chi connectivity index (χ1n) is 9.15. The lowest BCUT2D eigenvalue weighted by Crippen LogP contribution is -2.31. The summed E-state index contributed by atoms with van der Waals surface area (Å²) in [7, 11) is 0. The first-order chi connectivity index (χ1) is 13.9. The van der Waals surface area contributed by atoms with Gasteiger partial charge < -0.3 is 10.6 Å².